The number of phenols is 1. The summed E-state index contributed by atoms with van der Waals surface area (Å²) in [6, 6.07) is 5.33. The van der Waals surface area contributed by atoms with Crippen LogP contribution in [0.2, 0.25) is 0 Å². The summed E-state index contributed by atoms with van der Waals surface area (Å²) < 4.78 is 0. The molecule has 17 heavy (non-hydrogen) atoms. The summed E-state index contributed by atoms with van der Waals surface area (Å²) in [6.07, 6.45) is 5.29. The van der Waals surface area contributed by atoms with Gasteiger partial charge in [-0.05, 0) is 24.6 Å². The summed E-state index contributed by atoms with van der Waals surface area (Å²) in [5, 5.41) is 9.64. The highest BCUT2D eigenvalue weighted by molar-refractivity contribution is 5.65. The topological polar surface area (TPSA) is 35.8 Å². The van der Waals surface area contributed by atoms with Crippen molar-refractivity contribution in [3.05, 3.63) is 49.1 Å². The second-order valence-corrected chi connectivity index (χ2v) is 3.77. The zero-order valence-corrected chi connectivity index (χ0v) is 10.1. The van der Waals surface area contributed by atoms with E-state index in [1.165, 1.54) is 0 Å². The third-order valence-corrected chi connectivity index (χ3v) is 2.22. The van der Waals surface area contributed by atoms with Crippen LogP contribution in [0, 0.1) is 6.92 Å². The maximum Gasteiger partial charge on any atom is 0.141 e. The lowest BCUT2D eigenvalue weighted by atomic mass is 10.2. The molecule has 0 amide bonds. The maximum atomic E-state index is 9.64. The van der Waals surface area contributed by atoms with Crippen molar-refractivity contribution < 1.29 is 5.11 Å². The van der Waals surface area contributed by atoms with Gasteiger partial charge in [-0.15, -0.1) is 13.2 Å². The standard InChI is InChI=1S/C14H18N2O/c1-4-8-16(9-5-2)11-15-13-10-12(3)6-7-14(13)17/h4-7,10-11,17H,1-2,8-9H2,3H3. The molecule has 1 N–H and O–H groups in total. The van der Waals surface area contributed by atoms with Gasteiger partial charge in [0.1, 0.15) is 11.4 Å². The molecule has 1 rings (SSSR count). The van der Waals surface area contributed by atoms with Crippen molar-refractivity contribution in [1.29, 1.82) is 0 Å². The van der Waals surface area contributed by atoms with E-state index in [0.29, 0.717) is 18.8 Å². The second-order valence-electron chi connectivity index (χ2n) is 3.77. The van der Waals surface area contributed by atoms with Crippen molar-refractivity contribution >= 4 is 12.0 Å². The van der Waals surface area contributed by atoms with Gasteiger partial charge in [-0.2, -0.15) is 0 Å². The summed E-state index contributed by atoms with van der Waals surface area (Å²) in [5.74, 6) is 0.184. The van der Waals surface area contributed by atoms with Gasteiger partial charge in [0.05, 0.1) is 6.34 Å². The third-order valence-electron chi connectivity index (χ3n) is 2.22. The number of benzene rings is 1. The molecule has 0 saturated heterocycles. The van der Waals surface area contributed by atoms with Crippen molar-refractivity contribution in [3.8, 4) is 5.75 Å². The predicted octanol–water partition coefficient (Wildman–Crippen LogP) is 3.03. The molecule has 0 aliphatic carbocycles. The second kappa shape index (κ2) is 6.53. The summed E-state index contributed by atoms with van der Waals surface area (Å²) in [5.41, 5.74) is 1.64. The Morgan fingerprint density at radius 2 is 1.94 bits per heavy atom. The molecular weight excluding hydrogens is 212 g/mol. The van der Waals surface area contributed by atoms with Crippen LogP contribution in [0.1, 0.15) is 5.56 Å². The predicted molar refractivity (Wildman–Crippen MR) is 73.0 cm³/mol. The Morgan fingerprint density at radius 3 is 2.53 bits per heavy atom. The van der Waals surface area contributed by atoms with E-state index < -0.39 is 0 Å². The molecule has 0 aromatic heterocycles. The Bertz CT molecular complexity index is 414. The van der Waals surface area contributed by atoms with Gasteiger partial charge >= 0.3 is 0 Å². The molecule has 0 saturated carbocycles. The molecule has 1 aromatic carbocycles. The highest BCUT2D eigenvalue weighted by atomic mass is 16.3. The lowest BCUT2D eigenvalue weighted by Gasteiger charge is -2.14. The molecule has 0 fully saturated rings. The zero-order valence-electron chi connectivity index (χ0n) is 10.1. The molecule has 0 spiro atoms. The molecule has 1 aromatic rings. The molecule has 0 atom stereocenters. The van der Waals surface area contributed by atoms with Crippen LogP contribution in [0.15, 0.2) is 48.5 Å². The lowest BCUT2D eigenvalue weighted by Crippen LogP contribution is -2.21. The Kier molecular flexibility index (Phi) is 5.01. The van der Waals surface area contributed by atoms with Gasteiger partial charge in [-0.1, -0.05) is 18.2 Å². The van der Waals surface area contributed by atoms with E-state index in [-0.39, 0.29) is 5.75 Å². The van der Waals surface area contributed by atoms with Crippen LogP contribution in [0.4, 0.5) is 5.69 Å². The van der Waals surface area contributed by atoms with Gasteiger partial charge in [0, 0.05) is 13.1 Å². The van der Waals surface area contributed by atoms with E-state index in [9.17, 15) is 5.11 Å². The smallest absolute Gasteiger partial charge is 0.141 e. The van der Waals surface area contributed by atoms with Gasteiger partial charge in [0.15, 0.2) is 0 Å². The van der Waals surface area contributed by atoms with Crippen LogP contribution in [-0.2, 0) is 0 Å². The van der Waals surface area contributed by atoms with Gasteiger partial charge < -0.3 is 10.0 Å². The first kappa shape index (κ1) is 13.0. The van der Waals surface area contributed by atoms with Crippen LogP contribution in [-0.4, -0.2) is 29.4 Å². The first-order chi connectivity index (χ1) is 8.17. The summed E-state index contributed by atoms with van der Waals surface area (Å²) in [4.78, 5) is 6.21. The highest BCUT2D eigenvalue weighted by Crippen LogP contribution is 2.26. The molecule has 0 unspecified atom stereocenters. The average Bonchev–Trinajstić information content (AvgIpc) is 2.30. The van der Waals surface area contributed by atoms with E-state index in [1.807, 2.05) is 24.0 Å². The van der Waals surface area contributed by atoms with E-state index in [2.05, 4.69) is 18.2 Å². The maximum absolute atomic E-state index is 9.64. The number of aromatic hydroxyl groups is 1. The minimum absolute atomic E-state index is 0.184. The fraction of sp³-hybridized carbons (Fsp3) is 0.214. The molecule has 0 aliphatic heterocycles. The number of hydrogen-bond donors (Lipinski definition) is 1. The van der Waals surface area contributed by atoms with E-state index in [1.54, 1.807) is 24.6 Å². The van der Waals surface area contributed by atoms with Gasteiger partial charge in [-0.25, -0.2) is 4.99 Å². The minimum atomic E-state index is 0.184. The number of aliphatic imine (C=N–C) groups is 1. The third kappa shape index (κ3) is 4.15. The van der Waals surface area contributed by atoms with Crippen LogP contribution >= 0.6 is 0 Å². The van der Waals surface area contributed by atoms with Crippen molar-refractivity contribution in [1.82, 2.24) is 4.90 Å². The number of rotatable bonds is 6. The Hall–Kier alpha value is -2.03. The minimum Gasteiger partial charge on any atom is -0.506 e. The average molecular weight is 230 g/mol. The molecule has 90 valence electrons. The highest BCUT2D eigenvalue weighted by Gasteiger charge is 1.99. The van der Waals surface area contributed by atoms with Crippen molar-refractivity contribution in [2.45, 2.75) is 6.92 Å². The first-order valence-corrected chi connectivity index (χ1v) is 5.47. The molecule has 0 radical (unpaired) electrons. The van der Waals surface area contributed by atoms with Crippen LogP contribution in [0.25, 0.3) is 0 Å². The largest absolute Gasteiger partial charge is 0.506 e. The summed E-state index contributed by atoms with van der Waals surface area (Å²) in [7, 11) is 0. The fourth-order valence-electron chi connectivity index (χ4n) is 1.38. The van der Waals surface area contributed by atoms with E-state index in [4.69, 9.17) is 0 Å². The Labute approximate surface area is 102 Å². The lowest BCUT2D eigenvalue weighted by molar-refractivity contribution is 0.476. The number of nitrogens with zero attached hydrogens (tertiary/aromatic N) is 2. The van der Waals surface area contributed by atoms with Crippen molar-refractivity contribution in [2.75, 3.05) is 13.1 Å². The molecule has 0 aliphatic rings. The Morgan fingerprint density at radius 1 is 1.29 bits per heavy atom. The molecule has 0 bridgehead atoms. The zero-order chi connectivity index (χ0) is 12.7. The number of phenolic OH excluding ortho intramolecular Hbond substituents is 1. The molecular formula is C14H18N2O. The number of hydrogen-bond acceptors (Lipinski definition) is 2. The molecule has 3 nitrogen and oxygen atoms in total. The van der Waals surface area contributed by atoms with Crippen LogP contribution in [0.3, 0.4) is 0 Å². The number of aryl methyl sites for hydroxylation is 1. The van der Waals surface area contributed by atoms with Crippen molar-refractivity contribution in [2.24, 2.45) is 4.99 Å². The van der Waals surface area contributed by atoms with E-state index >= 15 is 0 Å². The first-order valence-electron chi connectivity index (χ1n) is 5.47. The normalized spacial score (nSPS) is 10.4. The molecule has 0 heterocycles. The van der Waals surface area contributed by atoms with Gasteiger partial charge in [0.25, 0.3) is 0 Å². The van der Waals surface area contributed by atoms with Crippen molar-refractivity contribution in [3.63, 3.8) is 0 Å². The van der Waals surface area contributed by atoms with Gasteiger partial charge in [-0.3, -0.25) is 0 Å². The summed E-state index contributed by atoms with van der Waals surface area (Å²) >= 11 is 0. The van der Waals surface area contributed by atoms with E-state index in [0.717, 1.165) is 5.56 Å². The van der Waals surface area contributed by atoms with Crippen LogP contribution < -0.4 is 0 Å². The molecule has 3 heteroatoms. The Balaban J connectivity index is 2.82. The summed E-state index contributed by atoms with van der Waals surface area (Å²) in [6.45, 7) is 10.7. The monoisotopic (exact) mass is 230 g/mol. The SMILES string of the molecule is C=CCN(C=Nc1cc(C)ccc1O)CC=C. The quantitative estimate of drug-likeness (QED) is 0.463. The fourth-order valence-corrected chi connectivity index (χ4v) is 1.38. The van der Waals surface area contributed by atoms with Crippen LogP contribution in [0.5, 0.6) is 5.75 Å². The van der Waals surface area contributed by atoms with Gasteiger partial charge in [0.2, 0.25) is 0 Å².